The minimum Gasteiger partial charge on any atom is -0.265 e. The van der Waals surface area contributed by atoms with Crippen molar-refractivity contribution in [2.24, 2.45) is 0 Å². The molecular formula is C24H29N3. The summed E-state index contributed by atoms with van der Waals surface area (Å²) in [7, 11) is 0. The van der Waals surface area contributed by atoms with Gasteiger partial charge in [-0.05, 0) is 84.9 Å². The van der Waals surface area contributed by atoms with Crippen LogP contribution in [0, 0.1) is 0 Å². The van der Waals surface area contributed by atoms with Gasteiger partial charge in [0, 0.05) is 36.7 Å². The van der Waals surface area contributed by atoms with Crippen molar-refractivity contribution in [3.63, 3.8) is 0 Å². The maximum atomic E-state index is 4.52. The first-order valence-electron chi connectivity index (χ1n) is 9.95. The molecule has 3 atom stereocenters. The van der Waals surface area contributed by atoms with E-state index in [9.17, 15) is 0 Å². The van der Waals surface area contributed by atoms with Gasteiger partial charge in [0.25, 0.3) is 0 Å². The quantitative estimate of drug-likeness (QED) is 0.462. The fraction of sp³-hybridized carbons (Fsp3) is 0.375. The normalized spacial score (nSPS) is 14.4. The monoisotopic (exact) mass is 359 g/mol. The van der Waals surface area contributed by atoms with Gasteiger partial charge in [-0.1, -0.05) is 26.0 Å². The molecule has 3 aromatic rings. The molecule has 0 bridgehead atoms. The second-order valence-corrected chi connectivity index (χ2v) is 7.48. The summed E-state index contributed by atoms with van der Waals surface area (Å²) in [4.78, 5) is 13.0. The van der Waals surface area contributed by atoms with Gasteiger partial charge in [0.05, 0.1) is 0 Å². The van der Waals surface area contributed by atoms with Crippen molar-refractivity contribution in [2.45, 2.75) is 57.3 Å². The number of hydrogen-bond acceptors (Lipinski definition) is 3. The van der Waals surface area contributed by atoms with Crippen LogP contribution in [0.5, 0.6) is 0 Å². The van der Waals surface area contributed by atoms with Crippen molar-refractivity contribution in [2.75, 3.05) is 0 Å². The van der Waals surface area contributed by atoms with E-state index in [1.165, 1.54) is 29.7 Å². The van der Waals surface area contributed by atoms with Crippen molar-refractivity contribution < 1.29 is 0 Å². The summed E-state index contributed by atoms with van der Waals surface area (Å²) < 4.78 is 0. The first-order chi connectivity index (χ1) is 13.2. The average Bonchev–Trinajstić information content (AvgIpc) is 2.75. The van der Waals surface area contributed by atoms with Crippen LogP contribution in [0.3, 0.4) is 0 Å². The van der Waals surface area contributed by atoms with Crippen LogP contribution in [0.15, 0.2) is 73.4 Å². The molecule has 0 aliphatic rings. The van der Waals surface area contributed by atoms with Crippen molar-refractivity contribution in [1.82, 2.24) is 15.0 Å². The van der Waals surface area contributed by atoms with Gasteiger partial charge < -0.3 is 0 Å². The molecule has 0 N–H and O–H groups in total. The van der Waals surface area contributed by atoms with Crippen LogP contribution in [0.1, 0.15) is 74.1 Å². The van der Waals surface area contributed by atoms with Crippen LogP contribution in [-0.4, -0.2) is 15.0 Å². The molecule has 0 radical (unpaired) electrons. The zero-order valence-electron chi connectivity index (χ0n) is 16.3. The standard InChI is InChI=1S/C24H29N3/c1-19(21-12-16-25-17-13-21)8-10-22(23-6-5-14-26-18-23)11-9-20(2)24-7-3-4-15-27-24/h3-7,12-20,22H,8-11H2,1-2H3. The van der Waals surface area contributed by atoms with E-state index >= 15 is 0 Å². The lowest BCUT2D eigenvalue weighted by Crippen LogP contribution is -2.06. The van der Waals surface area contributed by atoms with E-state index in [1.54, 1.807) is 0 Å². The van der Waals surface area contributed by atoms with Gasteiger partial charge >= 0.3 is 0 Å². The molecule has 3 heteroatoms. The van der Waals surface area contributed by atoms with Gasteiger partial charge in [0.2, 0.25) is 0 Å². The summed E-state index contributed by atoms with van der Waals surface area (Å²) in [6.45, 7) is 4.59. The van der Waals surface area contributed by atoms with Crippen LogP contribution < -0.4 is 0 Å². The number of nitrogens with zero attached hydrogens (tertiary/aromatic N) is 3. The lowest BCUT2D eigenvalue weighted by atomic mass is 9.84. The molecular weight excluding hydrogens is 330 g/mol. The minimum atomic E-state index is 0.475. The fourth-order valence-corrected chi connectivity index (χ4v) is 3.67. The SMILES string of the molecule is CC(CCC(CCC(C)c1ccccn1)c1cccnc1)c1ccncc1. The number of rotatable bonds is 9. The van der Waals surface area contributed by atoms with E-state index in [-0.39, 0.29) is 0 Å². The maximum Gasteiger partial charge on any atom is 0.0431 e. The smallest absolute Gasteiger partial charge is 0.0431 e. The third-order valence-electron chi connectivity index (χ3n) is 5.52. The Bertz CT molecular complexity index is 725. The Morgan fingerprint density at radius 1 is 0.667 bits per heavy atom. The van der Waals surface area contributed by atoms with Gasteiger partial charge in [-0.2, -0.15) is 0 Å². The molecule has 0 spiro atoms. The topological polar surface area (TPSA) is 38.7 Å². The molecule has 0 aliphatic heterocycles. The fourth-order valence-electron chi connectivity index (χ4n) is 3.67. The van der Waals surface area contributed by atoms with Crippen molar-refractivity contribution in [3.8, 4) is 0 Å². The molecule has 3 rings (SSSR count). The van der Waals surface area contributed by atoms with Gasteiger partial charge in [-0.25, -0.2) is 0 Å². The molecule has 3 unspecified atom stereocenters. The molecule has 3 nitrogen and oxygen atoms in total. The second kappa shape index (κ2) is 9.96. The number of hydrogen-bond donors (Lipinski definition) is 0. The van der Waals surface area contributed by atoms with E-state index in [4.69, 9.17) is 0 Å². The third kappa shape index (κ3) is 5.72. The molecule has 0 saturated heterocycles. The van der Waals surface area contributed by atoms with Crippen LogP contribution in [0.2, 0.25) is 0 Å². The van der Waals surface area contributed by atoms with Crippen molar-refractivity contribution in [1.29, 1.82) is 0 Å². The summed E-state index contributed by atoms with van der Waals surface area (Å²) >= 11 is 0. The lowest BCUT2D eigenvalue weighted by Gasteiger charge is -2.21. The van der Waals surface area contributed by atoms with E-state index in [2.05, 4.69) is 65.2 Å². The van der Waals surface area contributed by atoms with E-state index in [0.717, 1.165) is 12.8 Å². The minimum absolute atomic E-state index is 0.475. The summed E-state index contributed by atoms with van der Waals surface area (Å²) in [6, 6.07) is 14.7. The van der Waals surface area contributed by atoms with Crippen LogP contribution in [0.25, 0.3) is 0 Å². The first kappa shape index (κ1) is 19.2. The molecule has 0 saturated carbocycles. The van der Waals surface area contributed by atoms with Crippen LogP contribution in [0.4, 0.5) is 0 Å². The highest BCUT2D eigenvalue weighted by Crippen LogP contribution is 2.33. The Morgan fingerprint density at radius 3 is 2.11 bits per heavy atom. The molecule has 3 aromatic heterocycles. The summed E-state index contributed by atoms with van der Waals surface area (Å²) in [6.07, 6.45) is 14.2. The molecule has 0 aromatic carbocycles. The molecule has 3 heterocycles. The van der Waals surface area contributed by atoms with Crippen molar-refractivity contribution >= 4 is 0 Å². The Hall–Kier alpha value is -2.55. The van der Waals surface area contributed by atoms with Crippen molar-refractivity contribution in [3.05, 3.63) is 90.3 Å². The van der Waals surface area contributed by atoms with Gasteiger partial charge in [-0.3, -0.25) is 15.0 Å². The Morgan fingerprint density at radius 2 is 1.44 bits per heavy atom. The summed E-state index contributed by atoms with van der Waals surface area (Å²) in [5, 5.41) is 0. The Kier molecular flexibility index (Phi) is 7.09. The van der Waals surface area contributed by atoms with E-state index in [0.29, 0.717) is 17.8 Å². The largest absolute Gasteiger partial charge is 0.265 e. The average molecular weight is 360 g/mol. The van der Waals surface area contributed by atoms with Gasteiger partial charge in [0.15, 0.2) is 0 Å². The lowest BCUT2D eigenvalue weighted by molar-refractivity contribution is 0.482. The highest BCUT2D eigenvalue weighted by Gasteiger charge is 2.17. The Labute approximate surface area is 162 Å². The predicted molar refractivity (Wildman–Crippen MR) is 111 cm³/mol. The molecule has 27 heavy (non-hydrogen) atoms. The number of aromatic nitrogens is 3. The highest BCUT2D eigenvalue weighted by atomic mass is 14.7. The first-order valence-corrected chi connectivity index (χ1v) is 9.95. The Balaban J connectivity index is 1.63. The molecule has 0 amide bonds. The van der Waals surface area contributed by atoms with Gasteiger partial charge in [0.1, 0.15) is 0 Å². The summed E-state index contributed by atoms with van der Waals surface area (Å²) in [5.74, 6) is 1.55. The number of pyridine rings is 3. The second-order valence-electron chi connectivity index (χ2n) is 7.48. The van der Waals surface area contributed by atoms with Crippen LogP contribution >= 0.6 is 0 Å². The predicted octanol–water partition coefficient (Wildman–Crippen LogP) is 6.12. The zero-order chi connectivity index (χ0) is 18.9. The van der Waals surface area contributed by atoms with Crippen LogP contribution in [-0.2, 0) is 0 Å². The molecule has 0 aliphatic carbocycles. The maximum absolute atomic E-state index is 4.52. The highest BCUT2D eigenvalue weighted by molar-refractivity contribution is 5.17. The van der Waals surface area contributed by atoms with E-state index < -0.39 is 0 Å². The molecule has 140 valence electrons. The molecule has 0 fully saturated rings. The summed E-state index contributed by atoms with van der Waals surface area (Å²) in [5.41, 5.74) is 3.91. The van der Waals surface area contributed by atoms with Gasteiger partial charge in [-0.15, -0.1) is 0 Å². The third-order valence-corrected chi connectivity index (χ3v) is 5.52. The van der Waals surface area contributed by atoms with E-state index in [1.807, 2.05) is 37.1 Å². The zero-order valence-corrected chi connectivity index (χ0v) is 16.3.